The van der Waals surface area contributed by atoms with Crippen molar-refractivity contribution in [3.05, 3.63) is 78.4 Å². The summed E-state index contributed by atoms with van der Waals surface area (Å²) in [5.74, 6) is 0.841. The number of imidazole rings is 1. The summed E-state index contributed by atoms with van der Waals surface area (Å²) in [5, 5.41) is 5.93. The van der Waals surface area contributed by atoms with Crippen molar-refractivity contribution in [2.24, 2.45) is 0 Å². The highest BCUT2D eigenvalue weighted by Crippen LogP contribution is 2.31. The summed E-state index contributed by atoms with van der Waals surface area (Å²) in [6.07, 6.45) is 6.22. The second-order valence-electron chi connectivity index (χ2n) is 6.26. The smallest absolute Gasteiger partial charge is 0.319 e. The van der Waals surface area contributed by atoms with Crippen LogP contribution in [0, 0.1) is 0 Å². The van der Waals surface area contributed by atoms with Gasteiger partial charge in [-0.05, 0) is 23.8 Å². The van der Waals surface area contributed by atoms with Crippen LogP contribution in [-0.2, 0) is 6.54 Å². The maximum Gasteiger partial charge on any atom is 0.319 e. The number of hydrogen-bond acceptors (Lipinski definition) is 3. The Balaban J connectivity index is 1.36. The van der Waals surface area contributed by atoms with Crippen LogP contribution in [0.25, 0.3) is 0 Å². The number of para-hydroxylation sites is 1. The monoisotopic (exact) mass is 348 g/mol. The average molecular weight is 348 g/mol. The minimum Gasteiger partial charge on any atom is -0.493 e. The van der Waals surface area contributed by atoms with Crippen molar-refractivity contribution in [2.45, 2.75) is 19.0 Å². The first-order chi connectivity index (χ1) is 12.8. The van der Waals surface area contributed by atoms with Gasteiger partial charge in [0.1, 0.15) is 5.75 Å². The number of rotatable bonds is 4. The highest BCUT2D eigenvalue weighted by Gasteiger charge is 2.22. The number of nitrogens with one attached hydrogen (secondary N) is 2. The van der Waals surface area contributed by atoms with E-state index in [1.165, 1.54) is 0 Å². The fourth-order valence-electron chi connectivity index (χ4n) is 3.10. The molecule has 4 rings (SSSR count). The van der Waals surface area contributed by atoms with Crippen molar-refractivity contribution >= 4 is 11.7 Å². The summed E-state index contributed by atoms with van der Waals surface area (Å²) in [4.78, 5) is 16.4. The third kappa shape index (κ3) is 3.69. The molecule has 0 radical (unpaired) electrons. The molecule has 0 bridgehead atoms. The Morgan fingerprint density at radius 1 is 1.19 bits per heavy atom. The van der Waals surface area contributed by atoms with Gasteiger partial charge in [-0.3, -0.25) is 0 Å². The summed E-state index contributed by atoms with van der Waals surface area (Å²) in [6.45, 7) is 1.36. The number of benzene rings is 2. The van der Waals surface area contributed by atoms with Crippen LogP contribution in [0.3, 0.4) is 0 Å². The van der Waals surface area contributed by atoms with E-state index in [-0.39, 0.29) is 12.1 Å². The minimum absolute atomic E-state index is 0.0412. The molecular formula is C20H20N4O2. The molecule has 2 heterocycles. The number of amides is 2. The number of carbonyl (C=O) groups excluding carboxylic acids is 1. The largest absolute Gasteiger partial charge is 0.493 e. The van der Waals surface area contributed by atoms with E-state index >= 15 is 0 Å². The number of fused-ring (bicyclic) bond motifs is 1. The Morgan fingerprint density at radius 3 is 2.85 bits per heavy atom. The first-order valence-electron chi connectivity index (χ1n) is 8.62. The number of nitrogens with zero attached hydrogens (tertiary/aromatic N) is 2. The molecule has 132 valence electrons. The molecule has 1 atom stereocenters. The van der Waals surface area contributed by atoms with Crippen molar-refractivity contribution in [3.8, 4) is 5.75 Å². The summed E-state index contributed by atoms with van der Waals surface area (Å²) in [6, 6.07) is 15.4. The molecule has 0 aliphatic carbocycles. The topological polar surface area (TPSA) is 68.2 Å². The number of aromatic nitrogens is 2. The van der Waals surface area contributed by atoms with Gasteiger partial charge < -0.3 is 19.9 Å². The van der Waals surface area contributed by atoms with E-state index < -0.39 is 0 Å². The molecule has 0 spiro atoms. The van der Waals surface area contributed by atoms with Crippen molar-refractivity contribution in [2.75, 3.05) is 11.9 Å². The van der Waals surface area contributed by atoms with Gasteiger partial charge in [-0.1, -0.05) is 30.3 Å². The van der Waals surface area contributed by atoms with E-state index in [1.807, 2.05) is 59.3 Å². The Bertz CT molecular complexity index is 875. The molecule has 2 amide bonds. The highest BCUT2D eigenvalue weighted by molar-refractivity contribution is 5.89. The second-order valence-corrected chi connectivity index (χ2v) is 6.26. The average Bonchev–Trinajstić information content (AvgIpc) is 3.17. The zero-order valence-corrected chi connectivity index (χ0v) is 14.3. The molecular weight excluding hydrogens is 328 g/mol. The number of ether oxygens (including phenoxy) is 1. The van der Waals surface area contributed by atoms with Crippen LogP contribution in [0.15, 0.2) is 67.3 Å². The van der Waals surface area contributed by atoms with E-state index in [9.17, 15) is 4.79 Å². The van der Waals surface area contributed by atoms with Crippen LogP contribution in [0.1, 0.15) is 23.6 Å². The molecule has 1 aliphatic rings. The van der Waals surface area contributed by atoms with Gasteiger partial charge in [-0.25, -0.2) is 9.78 Å². The van der Waals surface area contributed by atoms with E-state index in [2.05, 4.69) is 15.6 Å². The summed E-state index contributed by atoms with van der Waals surface area (Å²) < 4.78 is 7.63. The van der Waals surface area contributed by atoms with Crippen LogP contribution >= 0.6 is 0 Å². The zero-order valence-electron chi connectivity index (χ0n) is 14.3. The predicted octanol–water partition coefficient (Wildman–Crippen LogP) is 3.58. The van der Waals surface area contributed by atoms with E-state index in [1.54, 1.807) is 12.5 Å². The standard InChI is InChI=1S/C20H20N4O2/c25-20(23-18-9-12-26-19-4-2-1-3-17(18)19)22-16-7-5-15(6-8-16)13-24-11-10-21-14-24/h1-8,10-11,14,18H,9,12-13H2,(H2,22,23,25)/t18-/m1/s1. The van der Waals surface area contributed by atoms with Gasteiger partial charge >= 0.3 is 6.03 Å². The van der Waals surface area contributed by atoms with E-state index in [0.29, 0.717) is 6.61 Å². The molecule has 0 unspecified atom stereocenters. The normalized spacial score (nSPS) is 15.6. The Labute approximate surface area is 151 Å². The van der Waals surface area contributed by atoms with Crippen LogP contribution in [0.5, 0.6) is 5.75 Å². The molecule has 0 saturated heterocycles. The number of urea groups is 1. The van der Waals surface area contributed by atoms with Gasteiger partial charge in [-0.15, -0.1) is 0 Å². The third-order valence-electron chi connectivity index (χ3n) is 4.40. The molecule has 3 aromatic rings. The van der Waals surface area contributed by atoms with E-state index in [0.717, 1.165) is 35.5 Å². The third-order valence-corrected chi connectivity index (χ3v) is 4.40. The fraction of sp³-hybridized carbons (Fsp3) is 0.200. The van der Waals surface area contributed by atoms with Crippen molar-refractivity contribution in [1.29, 1.82) is 0 Å². The quantitative estimate of drug-likeness (QED) is 0.757. The molecule has 1 aromatic heterocycles. The van der Waals surface area contributed by atoms with Crippen molar-refractivity contribution in [3.63, 3.8) is 0 Å². The molecule has 1 aliphatic heterocycles. The first kappa shape index (κ1) is 16.2. The predicted molar refractivity (Wildman–Crippen MR) is 99.2 cm³/mol. The van der Waals surface area contributed by atoms with Crippen LogP contribution in [0.2, 0.25) is 0 Å². The molecule has 0 saturated carbocycles. The molecule has 0 fully saturated rings. The summed E-state index contributed by atoms with van der Waals surface area (Å²) >= 11 is 0. The second kappa shape index (κ2) is 7.31. The maximum absolute atomic E-state index is 12.4. The van der Waals surface area contributed by atoms with Crippen LogP contribution < -0.4 is 15.4 Å². The van der Waals surface area contributed by atoms with Gasteiger partial charge in [0, 0.05) is 36.6 Å². The van der Waals surface area contributed by atoms with Crippen LogP contribution in [-0.4, -0.2) is 22.2 Å². The molecule has 26 heavy (non-hydrogen) atoms. The maximum atomic E-state index is 12.4. The van der Waals surface area contributed by atoms with Gasteiger partial charge in [0.25, 0.3) is 0 Å². The first-order valence-corrected chi connectivity index (χ1v) is 8.62. The Kier molecular flexibility index (Phi) is 4.55. The Hall–Kier alpha value is -3.28. The van der Waals surface area contributed by atoms with E-state index in [4.69, 9.17) is 4.74 Å². The number of anilines is 1. The van der Waals surface area contributed by atoms with Crippen molar-refractivity contribution in [1.82, 2.24) is 14.9 Å². The summed E-state index contributed by atoms with van der Waals surface area (Å²) in [7, 11) is 0. The number of carbonyl (C=O) groups is 1. The lowest BCUT2D eigenvalue weighted by atomic mass is 10.0. The zero-order chi connectivity index (χ0) is 17.8. The lowest BCUT2D eigenvalue weighted by molar-refractivity contribution is 0.232. The fourth-order valence-corrected chi connectivity index (χ4v) is 3.10. The molecule has 2 N–H and O–H groups in total. The SMILES string of the molecule is O=C(Nc1ccc(Cn2ccnc2)cc1)N[C@@H]1CCOc2ccccc21. The molecule has 2 aromatic carbocycles. The van der Waals surface area contributed by atoms with Gasteiger partial charge in [0.05, 0.1) is 19.0 Å². The van der Waals surface area contributed by atoms with Gasteiger partial charge in [-0.2, -0.15) is 0 Å². The minimum atomic E-state index is -0.214. The molecule has 6 heteroatoms. The van der Waals surface area contributed by atoms with Gasteiger partial charge in [0.15, 0.2) is 0 Å². The lowest BCUT2D eigenvalue weighted by Gasteiger charge is -2.26. The summed E-state index contributed by atoms with van der Waals surface area (Å²) in [5.41, 5.74) is 2.93. The lowest BCUT2D eigenvalue weighted by Crippen LogP contribution is -2.35. The van der Waals surface area contributed by atoms with Crippen molar-refractivity contribution < 1.29 is 9.53 Å². The number of hydrogen-bond donors (Lipinski definition) is 2. The highest BCUT2D eigenvalue weighted by atomic mass is 16.5. The van der Waals surface area contributed by atoms with Crippen LogP contribution in [0.4, 0.5) is 10.5 Å². The Morgan fingerprint density at radius 2 is 2.04 bits per heavy atom. The molecule has 6 nitrogen and oxygen atoms in total. The van der Waals surface area contributed by atoms with Gasteiger partial charge in [0.2, 0.25) is 0 Å².